The molecule has 0 radical (unpaired) electrons. The summed E-state index contributed by atoms with van der Waals surface area (Å²) in [4.78, 5) is 20.1. The van der Waals surface area contributed by atoms with Crippen molar-refractivity contribution in [3.05, 3.63) is 70.3 Å². The molecule has 4 N–H and O–H groups in total. The number of hydrogen-bond donors (Lipinski definition) is 3. The van der Waals surface area contributed by atoms with Gasteiger partial charge in [0.05, 0.1) is 17.7 Å². The topological polar surface area (TPSA) is 105 Å². The van der Waals surface area contributed by atoms with Crippen LogP contribution >= 0.6 is 0 Å². The van der Waals surface area contributed by atoms with Gasteiger partial charge in [-0.05, 0) is 88.5 Å². The second-order valence-corrected chi connectivity index (χ2v) is 13.9. The summed E-state index contributed by atoms with van der Waals surface area (Å²) in [5.74, 6) is 0.975. The van der Waals surface area contributed by atoms with Gasteiger partial charge in [0, 0.05) is 75.4 Å². The van der Waals surface area contributed by atoms with Crippen LogP contribution in [-0.4, -0.2) is 71.3 Å². The number of likely N-dealkylation sites (tertiary alicyclic amines) is 1. The van der Waals surface area contributed by atoms with E-state index in [1.54, 1.807) is 13.2 Å². The van der Waals surface area contributed by atoms with Gasteiger partial charge in [0.15, 0.2) is 0 Å². The van der Waals surface area contributed by atoms with Crippen LogP contribution in [0.15, 0.2) is 58.3 Å². The smallest absolute Gasteiger partial charge is 0.224 e. The Hall–Kier alpha value is -3.27. The molecule has 8 nitrogen and oxygen atoms in total. The molecular formula is C37H52FN5O3. The van der Waals surface area contributed by atoms with Crippen molar-refractivity contribution in [2.75, 3.05) is 33.4 Å². The van der Waals surface area contributed by atoms with Crippen molar-refractivity contribution in [1.29, 1.82) is 0 Å². The number of aromatic nitrogens is 1. The highest BCUT2D eigenvalue weighted by Gasteiger charge is 2.30. The molecule has 2 aliphatic heterocycles. The number of carbonyl (C=O) groups excluding carboxylic acids is 1. The fourth-order valence-electron chi connectivity index (χ4n) is 7.30. The molecule has 5 rings (SSSR count). The molecule has 3 aliphatic rings. The summed E-state index contributed by atoms with van der Waals surface area (Å²) in [5.41, 5.74) is 12.9. The summed E-state index contributed by atoms with van der Waals surface area (Å²) in [6.07, 6.45) is 13.8. The molecular weight excluding hydrogens is 581 g/mol. The minimum atomic E-state index is -0.476. The number of amidine groups is 1. The first-order valence-electron chi connectivity index (χ1n) is 16.9. The fourth-order valence-corrected chi connectivity index (χ4v) is 7.30. The van der Waals surface area contributed by atoms with Crippen LogP contribution in [0.2, 0.25) is 0 Å². The first-order valence-corrected chi connectivity index (χ1v) is 16.9. The number of allylic oxidation sites excluding steroid dienone is 4. The lowest BCUT2D eigenvalue weighted by Crippen LogP contribution is -2.42. The second-order valence-electron chi connectivity index (χ2n) is 13.9. The SMILES string of the molecule is COCCCn1c(C2CCCN(C(=O)CC(N)CC3=CC=C(C4=CNC(=NC(C)(C)CO)CC4)CC3)C2)c(C)c2cccc(F)c21. The number of aryl methyl sites for hydroxylation is 2. The highest BCUT2D eigenvalue weighted by molar-refractivity contribution is 5.86. The first kappa shape index (κ1) is 34.1. The Morgan fingerprint density at radius 1 is 1.22 bits per heavy atom. The van der Waals surface area contributed by atoms with Gasteiger partial charge >= 0.3 is 0 Å². The van der Waals surface area contributed by atoms with Gasteiger partial charge in [0.25, 0.3) is 0 Å². The van der Waals surface area contributed by atoms with E-state index in [9.17, 15) is 9.90 Å². The van der Waals surface area contributed by atoms with Crippen LogP contribution in [-0.2, 0) is 16.1 Å². The summed E-state index contributed by atoms with van der Waals surface area (Å²) in [5, 5.41) is 13.8. The third-order valence-electron chi connectivity index (χ3n) is 9.70. The average Bonchev–Trinajstić information content (AvgIpc) is 3.34. The van der Waals surface area contributed by atoms with Gasteiger partial charge in [-0.2, -0.15) is 0 Å². The number of halogens is 1. The normalized spacial score (nSPS) is 20.8. The highest BCUT2D eigenvalue weighted by Crippen LogP contribution is 2.37. The standard InChI is InChI=1S/C37H52FN5O3/c1-25-31-9-5-10-32(38)36(31)43(18-7-19-46-4)35(25)29-8-6-17-42(23-29)34(45)21-30(39)20-26-11-13-27(14-12-26)28-15-16-33(40-22-28)41-37(2,3)24-44/h5,9-11,13,22,29-30,44H,6-8,12,14-21,23-24,39H2,1-4H3,(H,40,41). The molecule has 0 saturated carbocycles. The number of amides is 1. The molecule has 3 heterocycles. The van der Waals surface area contributed by atoms with E-state index >= 15 is 4.39 Å². The largest absolute Gasteiger partial charge is 0.394 e. The minimum Gasteiger partial charge on any atom is -0.394 e. The summed E-state index contributed by atoms with van der Waals surface area (Å²) >= 11 is 0. The molecule has 1 aliphatic carbocycles. The number of ether oxygens (including phenoxy) is 1. The van der Waals surface area contributed by atoms with E-state index in [-0.39, 0.29) is 30.3 Å². The number of aliphatic imine (C=N–C) groups is 1. The number of rotatable bonds is 12. The van der Waals surface area contributed by atoms with Crippen molar-refractivity contribution >= 4 is 22.6 Å². The van der Waals surface area contributed by atoms with Crippen molar-refractivity contribution in [3.8, 4) is 0 Å². The van der Waals surface area contributed by atoms with Gasteiger partial charge in [-0.1, -0.05) is 29.9 Å². The Labute approximate surface area is 273 Å². The summed E-state index contributed by atoms with van der Waals surface area (Å²) < 4.78 is 22.5. The van der Waals surface area contributed by atoms with E-state index < -0.39 is 5.54 Å². The Balaban J connectivity index is 1.19. The lowest BCUT2D eigenvalue weighted by Gasteiger charge is -2.34. The second kappa shape index (κ2) is 15.1. The molecule has 2 aromatic rings. The van der Waals surface area contributed by atoms with Crippen molar-refractivity contribution in [2.45, 2.75) is 103 Å². The van der Waals surface area contributed by atoms with Crippen LogP contribution in [0.1, 0.15) is 88.8 Å². The molecule has 46 heavy (non-hydrogen) atoms. The lowest BCUT2D eigenvalue weighted by molar-refractivity contribution is -0.132. The summed E-state index contributed by atoms with van der Waals surface area (Å²) in [6, 6.07) is 5.09. The number of nitrogens with zero attached hydrogens (tertiary/aromatic N) is 3. The van der Waals surface area contributed by atoms with Crippen LogP contribution in [0.3, 0.4) is 0 Å². The Bertz CT molecular complexity index is 1530. The number of benzene rings is 1. The molecule has 0 spiro atoms. The van der Waals surface area contributed by atoms with E-state index in [1.807, 2.05) is 31.0 Å². The van der Waals surface area contributed by atoms with E-state index in [0.717, 1.165) is 74.0 Å². The van der Waals surface area contributed by atoms with Crippen molar-refractivity contribution < 1.29 is 19.0 Å². The monoisotopic (exact) mass is 633 g/mol. The number of carbonyl (C=O) groups is 1. The molecule has 2 unspecified atom stereocenters. The van der Waals surface area contributed by atoms with E-state index in [4.69, 9.17) is 10.5 Å². The number of hydrogen-bond acceptors (Lipinski definition) is 5. The molecule has 2 atom stereocenters. The number of fused-ring (bicyclic) bond motifs is 1. The predicted molar refractivity (Wildman–Crippen MR) is 183 cm³/mol. The molecule has 9 heteroatoms. The van der Waals surface area contributed by atoms with Crippen LogP contribution in [0, 0.1) is 12.7 Å². The third-order valence-corrected chi connectivity index (χ3v) is 9.70. The zero-order valence-corrected chi connectivity index (χ0v) is 28.1. The molecule has 1 saturated heterocycles. The zero-order valence-electron chi connectivity index (χ0n) is 28.1. The summed E-state index contributed by atoms with van der Waals surface area (Å²) in [7, 11) is 1.69. The first-order chi connectivity index (χ1) is 22.1. The van der Waals surface area contributed by atoms with Gasteiger partial charge in [-0.15, -0.1) is 0 Å². The van der Waals surface area contributed by atoms with Crippen LogP contribution in [0.25, 0.3) is 10.9 Å². The molecule has 1 aromatic heterocycles. The molecule has 1 fully saturated rings. The van der Waals surface area contributed by atoms with Crippen LogP contribution < -0.4 is 11.1 Å². The minimum absolute atomic E-state index is 0.0176. The lowest BCUT2D eigenvalue weighted by atomic mass is 9.87. The molecule has 250 valence electrons. The van der Waals surface area contributed by atoms with Gasteiger partial charge in [0.2, 0.25) is 5.91 Å². The Morgan fingerprint density at radius 2 is 2.02 bits per heavy atom. The number of methoxy groups -OCH3 is 1. The fraction of sp³-hybridized carbons (Fsp3) is 0.568. The summed E-state index contributed by atoms with van der Waals surface area (Å²) in [6.45, 7) is 8.63. The van der Waals surface area contributed by atoms with E-state index in [1.165, 1.54) is 22.8 Å². The van der Waals surface area contributed by atoms with Crippen LogP contribution in [0.4, 0.5) is 4.39 Å². The van der Waals surface area contributed by atoms with Gasteiger partial charge in [-0.3, -0.25) is 9.79 Å². The molecule has 0 bridgehead atoms. The Kier molecular flexibility index (Phi) is 11.2. The number of para-hydroxylation sites is 1. The Morgan fingerprint density at radius 3 is 2.72 bits per heavy atom. The predicted octanol–water partition coefficient (Wildman–Crippen LogP) is 6.02. The molecule has 1 amide bonds. The third kappa shape index (κ3) is 7.99. The highest BCUT2D eigenvalue weighted by atomic mass is 19.1. The van der Waals surface area contributed by atoms with Gasteiger partial charge in [-0.25, -0.2) is 4.39 Å². The molecule has 1 aromatic carbocycles. The number of aliphatic hydroxyl groups is 1. The maximum absolute atomic E-state index is 15.1. The van der Waals surface area contributed by atoms with E-state index in [2.05, 4.69) is 34.0 Å². The van der Waals surface area contributed by atoms with Gasteiger partial charge < -0.3 is 30.4 Å². The van der Waals surface area contributed by atoms with Crippen molar-refractivity contribution in [3.63, 3.8) is 0 Å². The van der Waals surface area contributed by atoms with Gasteiger partial charge in [0.1, 0.15) is 11.7 Å². The number of nitrogens with two attached hydrogens (primary N) is 1. The maximum atomic E-state index is 15.1. The maximum Gasteiger partial charge on any atom is 0.224 e. The van der Waals surface area contributed by atoms with E-state index in [0.29, 0.717) is 38.1 Å². The zero-order chi connectivity index (χ0) is 32.8. The average molecular weight is 634 g/mol. The number of nitrogens with one attached hydrogen (secondary N) is 1. The number of piperidine rings is 1. The van der Waals surface area contributed by atoms with Crippen LogP contribution in [0.5, 0.6) is 0 Å². The number of aliphatic hydroxyl groups excluding tert-OH is 1. The quantitative estimate of drug-likeness (QED) is 0.248. The van der Waals surface area contributed by atoms with Crippen molar-refractivity contribution in [1.82, 2.24) is 14.8 Å². The van der Waals surface area contributed by atoms with Crippen molar-refractivity contribution in [2.24, 2.45) is 10.7 Å².